The summed E-state index contributed by atoms with van der Waals surface area (Å²) in [5, 5.41) is 9.00. The van der Waals surface area contributed by atoms with Crippen molar-refractivity contribution < 1.29 is 37.0 Å². The van der Waals surface area contributed by atoms with Gasteiger partial charge in [0.1, 0.15) is 11.6 Å². The lowest BCUT2D eigenvalue weighted by Gasteiger charge is -2.10. The van der Waals surface area contributed by atoms with E-state index in [-0.39, 0.29) is 5.56 Å². The number of carboxylic acid groups (broad SMARTS) is 1. The molecule has 0 bridgehead atoms. The van der Waals surface area contributed by atoms with Crippen LogP contribution in [0.2, 0.25) is 0 Å². The molecular weight excluding hydrogens is 320 g/mol. The summed E-state index contributed by atoms with van der Waals surface area (Å²) in [6.45, 7) is 0. The normalized spacial score (nSPS) is 11.1. The maximum atomic E-state index is 13.8. The summed E-state index contributed by atoms with van der Waals surface area (Å²) in [6.07, 6.45) is -4.95. The van der Waals surface area contributed by atoms with Crippen LogP contribution in [0.4, 0.5) is 17.6 Å². The van der Waals surface area contributed by atoms with Gasteiger partial charge in [-0.25, -0.2) is 9.18 Å². The SMILES string of the molecule is O=C(O)c1cccc(F)c1C(=O)c1cccc(OC(F)(F)F)c1. The monoisotopic (exact) mass is 328 g/mol. The minimum Gasteiger partial charge on any atom is -0.478 e. The second-order valence-corrected chi connectivity index (χ2v) is 4.37. The molecule has 23 heavy (non-hydrogen) atoms. The van der Waals surface area contributed by atoms with E-state index in [0.717, 1.165) is 42.5 Å². The average molecular weight is 328 g/mol. The van der Waals surface area contributed by atoms with Gasteiger partial charge in [0, 0.05) is 5.56 Å². The van der Waals surface area contributed by atoms with Crippen LogP contribution in [0, 0.1) is 5.82 Å². The minimum absolute atomic E-state index is 0.334. The molecule has 0 aliphatic heterocycles. The molecule has 0 aliphatic carbocycles. The van der Waals surface area contributed by atoms with E-state index in [1.807, 2.05) is 0 Å². The lowest BCUT2D eigenvalue weighted by atomic mass is 9.97. The topological polar surface area (TPSA) is 63.6 Å². The van der Waals surface area contributed by atoms with Gasteiger partial charge in [-0.1, -0.05) is 18.2 Å². The Morgan fingerprint density at radius 1 is 1.04 bits per heavy atom. The van der Waals surface area contributed by atoms with Gasteiger partial charge in [0.25, 0.3) is 0 Å². The van der Waals surface area contributed by atoms with Gasteiger partial charge in [0.2, 0.25) is 0 Å². The average Bonchev–Trinajstić information content (AvgIpc) is 2.44. The van der Waals surface area contributed by atoms with Gasteiger partial charge in [-0.3, -0.25) is 4.79 Å². The zero-order valence-electron chi connectivity index (χ0n) is 11.2. The van der Waals surface area contributed by atoms with Crippen molar-refractivity contribution in [2.45, 2.75) is 6.36 Å². The Kier molecular flexibility index (Phi) is 4.35. The molecule has 0 atom stereocenters. The fraction of sp³-hybridized carbons (Fsp3) is 0.0667. The molecule has 8 heteroatoms. The summed E-state index contributed by atoms with van der Waals surface area (Å²) in [5.41, 5.74) is -1.65. The lowest BCUT2D eigenvalue weighted by molar-refractivity contribution is -0.274. The number of carbonyl (C=O) groups excluding carboxylic acids is 1. The largest absolute Gasteiger partial charge is 0.573 e. The van der Waals surface area contributed by atoms with E-state index in [4.69, 9.17) is 5.11 Å². The fourth-order valence-electron chi connectivity index (χ4n) is 1.91. The van der Waals surface area contributed by atoms with Gasteiger partial charge in [0.15, 0.2) is 5.78 Å². The van der Waals surface area contributed by atoms with Crippen molar-refractivity contribution in [1.82, 2.24) is 0 Å². The fourth-order valence-corrected chi connectivity index (χ4v) is 1.91. The van der Waals surface area contributed by atoms with Crippen molar-refractivity contribution in [3.8, 4) is 5.75 Å². The first-order valence-electron chi connectivity index (χ1n) is 6.11. The van der Waals surface area contributed by atoms with Crippen LogP contribution in [0.5, 0.6) is 5.75 Å². The first-order valence-corrected chi connectivity index (χ1v) is 6.11. The number of rotatable bonds is 4. The molecule has 0 aliphatic rings. The summed E-state index contributed by atoms with van der Waals surface area (Å²) in [5.74, 6) is -4.35. The van der Waals surface area contributed by atoms with Crippen LogP contribution in [0.25, 0.3) is 0 Å². The predicted octanol–water partition coefficient (Wildman–Crippen LogP) is 3.65. The molecule has 0 radical (unpaired) electrons. The highest BCUT2D eigenvalue weighted by Crippen LogP contribution is 2.25. The molecule has 0 saturated carbocycles. The van der Waals surface area contributed by atoms with Gasteiger partial charge in [0.05, 0.1) is 11.1 Å². The van der Waals surface area contributed by atoms with Gasteiger partial charge >= 0.3 is 12.3 Å². The summed E-state index contributed by atoms with van der Waals surface area (Å²) in [6, 6.07) is 6.97. The van der Waals surface area contributed by atoms with E-state index in [2.05, 4.69) is 4.74 Å². The second kappa shape index (κ2) is 6.07. The Morgan fingerprint density at radius 2 is 1.70 bits per heavy atom. The molecule has 0 heterocycles. The summed E-state index contributed by atoms with van der Waals surface area (Å²) < 4.78 is 54.1. The van der Waals surface area contributed by atoms with Crippen molar-refractivity contribution in [3.63, 3.8) is 0 Å². The Balaban J connectivity index is 2.46. The molecule has 120 valence electrons. The number of carbonyl (C=O) groups is 2. The third kappa shape index (κ3) is 3.85. The highest BCUT2D eigenvalue weighted by atomic mass is 19.4. The number of carboxylic acids is 1. The van der Waals surface area contributed by atoms with E-state index in [1.165, 1.54) is 0 Å². The van der Waals surface area contributed by atoms with Crippen LogP contribution in [0.15, 0.2) is 42.5 Å². The number of benzene rings is 2. The van der Waals surface area contributed by atoms with Crippen molar-refractivity contribution in [2.75, 3.05) is 0 Å². The van der Waals surface area contributed by atoms with E-state index < -0.39 is 40.8 Å². The Morgan fingerprint density at radius 3 is 2.30 bits per heavy atom. The molecule has 0 aromatic heterocycles. The number of aromatic carboxylic acids is 1. The highest BCUT2D eigenvalue weighted by Gasteiger charge is 2.31. The molecule has 2 rings (SSSR count). The van der Waals surface area contributed by atoms with Crippen LogP contribution < -0.4 is 4.74 Å². The highest BCUT2D eigenvalue weighted by molar-refractivity contribution is 6.14. The Hall–Kier alpha value is -2.90. The molecule has 2 aromatic carbocycles. The summed E-state index contributed by atoms with van der Waals surface area (Å²) in [7, 11) is 0. The molecule has 0 saturated heterocycles. The van der Waals surface area contributed by atoms with Crippen molar-refractivity contribution >= 4 is 11.8 Å². The number of hydrogen-bond donors (Lipinski definition) is 1. The minimum atomic E-state index is -4.95. The lowest BCUT2D eigenvalue weighted by Crippen LogP contribution is -2.17. The van der Waals surface area contributed by atoms with Crippen molar-refractivity contribution in [2.24, 2.45) is 0 Å². The standard InChI is InChI=1S/C15H8F4O4/c16-11-6-2-5-10(14(21)22)12(11)13(20)8-3-1-4-9(7-8)23-15(17,18)19/h1-7H,(H,21,22). The number of hydrogen-bond acceptors (Lipinski definition) is 3. The van der Waals surface area contributed by atoms with Crippen LogP contribution >= 0.6 is 0 Å². The molecular formula is C15H8F4O4. The van der Waals surface area contributed by atoms with Crippen molar-refractivity contribution in [1.29, 1.82) is 0 Å². The first-order chi connectivity index (χ1) is 10.7. The van der Waals surface area contributed by atoms with E-state index >= 15 is 0 Å². The second-order valence-electron chi connectivity index (χ2n) is 4.37. The van der Waals surface area contributed by atoms with Crippen LogP contribution in [0.1, 0.15) is 26.3 Å². The van der Waals surface area contributed by atoms with Gasteiger partial charge in [-0.2, -0.15) is 0 Å². The molecule has 4 nitrogen and oxygen atoms in total. The Bertz CT molecular complexity index is 768. The van der Waals surface area contributed by atoms with Gasteiger partial charge < -0.3 is 9.84 Å². The summed E-state index contributed by atoms with van der Waals surface area (Å²) in [4.78, 5) is 23.3. The van der Waals surface area contributed by atoms with E-state index in [9.17, 15) is 27.2 Å². The third-order valence-electron chi connectivity index (χ3n) is 2.80. The van der Waals surface area contributed by atoms with Crippen LogP contribution in [-0.4, -0.2) is 23.2 Å². The number of ether oxygens (including phenoxy) is 1. The van der Waals surface area contributed by atoms with Crippen LogP contribution in [0.3, 0.4) is 0 Å². The smallest absolute Gasteiger partial charge is 0.478 e. The zero-order valence-corrected chi connectivity index (χ0v) is 11.2. The van der Waals surface area contributed by atoms with Gasteiger partial charge in [-0.15, -0.1) is 13.2 Å². The molecule has 0 amide bonds. The zero-order chi connectivity index (χ0) is 17.2. The number of halogens is 4. The molecule has 2 aromatic rings. The third-order valence-corrected chi connectivity index (χ3v) is 2.80. The van der Waals surface area contributed by atoms with E-state index in [0.29, 0.717) is 0 Å². The quantitative estimate of drug-likeness (QED) is 0.687. The molecule has 1 N–H and O–H groups in total. The maximum absolute atomic E-state index is 13.8. The van der Waals surface area contributed by atoms with E-state index in [1.54, 1.807) is 0 Å². The maximum Gasteiger partial charge on any atom is 0.573 e. The molecule has 0 spiro atoms. The van der Waals surface area contributed by atoms with Crippen molar-refractivity contribution in [3.05, 3.63) is 65.0 Å². The van der Waals surface area contributed by atoms with Gasteiger partial charge in [-0.05, 0) is 24.3 Å². The number of alkyl halides is 3. The predicted molar refractivity (Wildman–Crippen MR) is 69.9 cm³/mol. The molecule has 0 fully saturated rings. The summed E-state index contributed by atoms with van der Waals surface area (Å²) >= 11 is 0. The molecule has 0 unspecified atom stereocenters. The number of ketones is 1. The Labute approximate surface area is 126 Å². The van der Waals surface area contributed by atoms with Crippen LogP contribution in [-0.2, 0) is 0 Å². The first kappa shape index (κ1) is 16.5.